The maximum absolute atomic E-state index is 11.4. The number of nitrogens with one attached hydrogen (secondary N) is 2. The predicted molar refractivity (Wildman–Crippen MR) is 65.0 cm³/mol. The molecule has 1 aromatic carbocycles. The SMILES string of the molecule is CC(C)=CNC(=O)Nc1cccc(C(=O)O)c1. The Hall–Kier alpha value is -2.30. The van der Waals surface area contributed by atoms with Crippen LogP contribution < -0.4 is 10.6 Å². The summed E-state index contributed by atoms with van der Waals surface area (Å²) in [5, 5.41) is 13.8. The van der Waals surface area contributed by atoms with Gasteiger partial charge >= 0.3 is 12.0 Å². The molecule has 2 amide bonds. The first-order chi connectivity index (χ1) is 7.99. The molecule has 0 atom stereocenters. The van der Waals surface area contributed by atoms with Crippen LogP contribution in [0.3, 0.4) is 0 Å². The van der Waals surface area contributed by atoms with E-state index in [2.05, 4.69) is 10.6 Å². The summed E-state index contributed by atoms with van der Waals surface area (Å²) in [4.78, 5) is 22.1. The van der Waals surface area contributed by atoms with Gasteiger partial charge in [0.2, 0.25) is 0 Å². The van der Waals surface area contributed by atoms with Crippen LogP contribution >= 0.6 is 0 Å². The zero-order valence-electron chi connectivity index (χ0n) is 9.65. The summed E-state index contributed by atoms with van der Waals surface area (Å²) in [5.74, 6) is -1.03. The van der Waals surface area contributed by atoms with Crippen molar-refractivity contribution >= 4 is 17.7 Å². The van der Waals surface area contributed by atoms with Gasteiger partial charge in [0.1, 0.15) is 0 Å². The number of carbonyl (C=O) groups is 2. The molecule has 0 saturated heterocycles. The van der Waals surface area contributed by atoms with E-state index in [1.807, 2.05) is 13.8 Å². The molecule has 5 nitrogen and oxygen atoms in total. The Bertz CT molecular complexity index is 463. The fourth-order valence-electron chi connectivity index (χ4n) is 1.11. The molecule has 0 aliphatic heterocycles. The van der Waals surface area contributed by atoms with Gasteiger partial charge in [0.05, 0.1) is 5.56 Å². The number of hydrogen-bond acceptors (Lipinski definition) is 2. The monoisotopic (exact) mass is 234 g/mol. The number of hydrogen-bond donors (Lipinski definition) is 3. The minimum absolute atomic E-state index is 0.130. The minimum Gasteiger partial charge on any atom is -0.478 e. The number of benzene rings is 1. The minimum atomic E-state index is -1.03. The van der Waals surface area contributed by atoms with Crippen LogP contribution in [0.5, 0.6) is 0 Å². The summed E-state index contributed by atoms with van der Waals surface area (Å²) in [6.07, 6.45) is 1.57. The van der Waals surface area contributed by atoms with Crippen molar-refractivity contribution in [2.24, 2.45) is 0 Å². The first-order valence-electron chi connectivity index (χ1n) is 5.03. The molecule has 0 heterocycles. The summed E-state index contributed by atoms with van der Waals surface area (Å²) in [6.45, 7) is 3.71. The van der Waals surface area contributed by atoms with Gasteiger partial charge in [0, 0.05) is 11.9 Å². The lowest BCUT2D eigenvalue weighted by Crippen LogP contribution is -2.24. The Labute approximate surface area is 99.1 Å². The third-order valence-electron chi connectivity index (χ3n) is 1.86. The largest absolute Gasteiger partial charge is 0.478 e. The summed E-state index contributed by atoms with van der Waals surface area (Å²) in [7, 11) is 0. The van der Waals surface area contributed by atoms with E-state index in [1.165, 1.54) is 12.1 Å². The topological polar surface area (TPSA) is 78.4 Å². The van der Waals surface area contributed by atoms with Gasteiger partial charge in [0.15, 0.2) is 0 Å². The van der Waals surface area contributed by atoms with Crippen LogP contribution in [0.25, 0.3) is 0 Å². The van der Waals surface area contributed by atoms with Gasteiger partial charge in [-0.2, -0.15) is 0 Å². The Morgan fingerprint density at radius 1 is 1.29 bits per heavy atom. The summed E-state index contributed by atoms with van der Waals surface area (Å²) >= 11 is 0. The summed E-state index contributed by atoms with van der Waals surface area (Å²) in [5.41, 5.74) is 1.52. The number of anilines is 1. The van der Waals surface area contributed by atoms with Crippen LogP contribution in [0, 0.1) is 0 Å². The second-order valence-electron chi connectivity index (χ2n) is 3.71. The summed E-state index contributed by atoms with van der Waals surface area (Å²) in [6, 6.07) is 5.63. The number of carbonyl (C=O) groups excluding carboxylic acids is 1. The van der Waals surface area contributed by atoms with E-state index < -0.39 is 12.0 Å². The average Bonchev–Trinajstić information content (AvgIpc) is 2.26. The van der Waals surface area contributed by atoms with E-state index in [1.54, 1.807) is 18.3 Å². The van der Waals surface area contributed by atoms with Gasteiger partial charge in [-0.05, 0) is 32.0 Å². The van der Waals surface area contributed by atoms with E-state index in [0.29, 0.717) is 5.69 Å². The smallest absolute Gasteiger partial charge is 0.335 e. The second kappa shape index (κ2) is 5.69. The van der Waals surface area contributed by atoms with Crippen LogP contribution in [0.2, 0.25) is 0 Å². The lowest BCUT2D eigenvalue weighted by molar-refractivity contribution is 0.0697. The van der Waals surface area contributed by atoms with Crippen LogP contribution in [-0.4, -0.2) is 17.1 Å². The van der Waals surface area contributed by atoms with E-state index in [0.717, 1.165) is 5.57 Å². The molecule has 0 unspecified atom stereocenters. The molecule has 0 aromatic heterocycles. The van der Waals surface area contributed by atoms with Crippen LogP contribution in [0.4, 0.5) is 10.5 Å². The van der Waals surface area contributed by atoms with E-state index in [9.17, 15) is 9.59 Å². The van der Waals surface area contributed by atoms with Gasteiger partial charge in [0.25, 0.3) is 0 Å². The molecule has 3 N–H and O–H groups in total. The van der Waals surface area contributed by atoms with Crippen LogP contribution in [0.15, 0.2) is 36.0 Å². The van der Waals surface area contributed by atoms with E-state index >= 15 is 0 Å². The number of amides is 2. The molecule has 0 spiro atoms. The Balaban J connectivity index is 2.68. The highest BCUT2D eigenvalue weighted by atomic mass is 16.4. The quantitative estimate of drug-likeness (QED) is 0.751. The molecule has 0 radical (unpaired) electrons. The number of carboxylic acid groups (broad SMARTS) is 1. The van der Waals surface area contributed by atoms with E-state index in [4.69, 9.17) is 5.11 Å². The van der Waals surface area contributed by atoms with Crippen molar-refractivity contribution in [3.8, 4) is 0 Å². The number of carboxylic acids is 1. The third kappa shape index (κ3) is 4.38. The van der Waals surface area contributed by atoms with E-state index in [-0.39, 0.29) is 5.56 Å². The van der Waals surface area contributed by atoms with Gasteiger partial charge in [-0.15, -0.1) is 0 Å². The lowest BCUT2D eigenvalue weighted by Gasteiger charge is -2.05. The Kier molecular flexibility index (Phi) is 4.28. The highest BCUT2D eigenvalue weighted by Crippen LogP contribution is 2.10. The molecular formula is C12H14N2O3. The third-order valence-corrected chi connectivity index (χ3v) is 1.86. The van der Waals surface area contributed by atoms with Gasteiger partial charge in [-0.3, -0.25) is 0 Å². The fraction of sp³-hybridized carbons (Fsp3) is 0.167. The van der Waals surface area contributed by atoms with Crippen molar-refractivity contribution in [2.75, 3.05) is 5.32 Å². The molecule has 0 aliphatic carbocycles. The first-order valence-corrected chi connectivity index (χ1v) is 5.03. The number of urea groups is 1. The van der Waals surface area contributed by atoms with Gasteiger partial charge in [-0.1, -0.05) is 11.6 Å². The standard InChI is InChI=1S/C12H14N2O3/c1-8(2)7-13-12(17)14-10-5-3-4-9(6-10)11(15)16/h3-7H,1-2H3,(H,15,16)(H2,13,14,17). The normalized spacial score (nSPS) is 9.29. The molecular weight excluding hydrogens is 220 g/mol. The van der Waals surface area contributed by atoms with Crippen molar-refractivity contribution in [1.29, 1.82) is 0 Å². The molecule has 5 heteroatoms. The van der Waals surface area contributed by atoms with Crippen molar-refractivity contribution in [1.82, 2.24) is 5.32 Å². The lowest BCUT2D eigenvalue weighted by atomic mass is 10.2. The molecule has 0 aliphatic rings. The highest BCUT2D eigenvalue weighted by Gasteiger charge is 2.04. The molecule has 1 rings (SSSR count). The number of aromatic carboxylic acids is 1. The Morgan fingerprint density at radius 3 is 2.59 bits per heavy atom. The molecule has 1 aromatic rings. The molecule has 17 heavy (non-hydrogen) atoms. The Morgan fingerprint density at radius 2 is 2.00 bits per heavy atom. The fourth-order valence-corrected chi connectivity index (χ4v) is 1.11. The molecule has 0 saturated carbocycles. The highest BCUT2D eigenvalue weighted by molar-refractivity contribution is 5.93. The van der Waals surface area contributed by atoms with Crippen LogP contribution in [0.1, 0.15) is 24.2 Å². The summed E-state index contributed by atoms with van der Waals surface area (Å²) < 4.78 is 0. The van der Waals surface area contributed by atoms with Crippen LogP contribution in [-0.2, 0) is 0 Å². The average molecular weight is 234 g/mol. The predicted octanol–water partition coefficient (Wildman–Crippen LogP) is 2.43. The molecule has 90 valence electrons. The second-order valence-corrected chi connectivity index (χ2v) is 3.71. The van der Waals surface area contributed by atoms with Crippen molar-refractivity contribution in [3.63, 3.8) is 0 Å². The van der Waals surface area contributed by atoms with Crippen molar-refractivity contribution in [2.45, 2.75) is 13.8 Å². The maximum Gasteiger partial charge on any atom is 0.335 e. The molecule has 0 fully saturated rings. The number of allylic oxidation sites excluding steroid dienone is 1. The van der Waals surface area contributed by atoms with Crippen molar-refractivity contribution < 1.29 is 14.7 Å². The first kappa shape index (κ1) is 12.8. The maximum atomic E-state index is 11.4. The van der Waals surface area contributed by atoms with Gasteiger partial charge in [-0.25, -0.2) is 9.59 Å². The van der Waals surface area contributed by atoms with Gasteiger partial charge < -0.3 is 15.7 Å². The zero-order chi connectivity index (χ0) is 12.8. The number of rotatable bonds is 3. The zero-order valence-corrected chi connectivity index (χ0v) is 9.65. The molecule has 0 bridgehead atoms. The van der Waals surface area contributed by atoms with Crippen molar-refractivity contribution in [3.05, 3.63) is 41.6 Å².